The van der Waals surface area contributed by atoms with Gasteiger partial charge >= 0.3 is 0 Å². The second-order valence-corrected chi connectivity index (χ2v) is 2.76. The minimum absolute atomic E-state index is 0.223. The Bertz CT molecular complexity index is 89.6. The average Bonchev–Trinajstić information content (AvgIpc) is 1.63. The molecule has 54 valence electrons. The molecule has 0 amide bonds. The van der Waals surface area contributed by atoms with Crippen LogP contribution in [0.1, 0.15) is 27.7 Å². The zero-order valence-corrected chi connectivity index (χ0v) is 6.47. The summed E-state index contributed by atoms with van der Waals surface area (Å²) in [6, 6.07) is 0. The first-order valence-electron chi connectivity index (χ1n) is 3.02. The van der Waals surface area contributed by atoms with Crippen LogP contribution in [0.4, 0.5) is 0 Å². The van der Waals surface area contributed by atoms with Gasteiger partial charge in [0.05, 0.1) is 0 Å². The van der Waals surface area contributed by atoms with Gasteiger partial charge in [-0.2, -0.15) is 4.89 Å². The lowest BCUT2D eigenvalue weighted by molar-refractivity contribution is -0.310. The topological polar surface area (TPSA) is 18.5 Å². The van der Waals surface area contributed by atoms with Crippen LogP contribution >= 0.6 is 0 Å². The summed E-state index contributed by atoms with van der Waals surface area (Å²) < 4.78 is 0. The fourth-order valence-corrected chi connectivity index (χ4v) is 0.228. The van der Waals surface area contributed by atoms with Crippen molar-refractivity contribution in [2.24, 2.45) is 0 Å². The number of rotatable bonds is 2. The number of hydrogen-bond donors (Lipinski definition) is 0. The smallest absolute Gasteiger partial charge is 0.125 e. The quantitative estimate of drug-likeness (QED) is 0.324. The zero-order chi connectivity index (χ0) is 7.33. The molecule has 0 aliphatic heterocycles. The third-order valence-electron chi connectivity index (χ3n) is 0.490. The monoisotopic (exact) mass is 130 g/mol. The molecule has 2 heteroatoms. The van der Waals surface area contributed by atoms with E-state index in [1.807, 2.05) is 27.7 Å². The van der Waals surface area contributed by atoms with Gasteiger partial charge in [-0.15, -0.1) is 0 Å². The van der Waals surface area contributed by atoms with Crippen molar-refractivity contribution in [3.05, 3.63) is 12.3 Å². The number of allylic oxidation sites excluding steroid dienone is 1. The minimum atomic E-state index is -0.223. The van der Waals surface area contributed by atoms with Crippen LogP contribution in [0.3, 0.4) is 0 Å². The molecule has 0 aliphatic carbocycles. The molecule has 2 nitrogen and oxygen atoms in total. The summed E-state index contributed by atoms with van der Waals surface area (Å²) in [6.45, 7) is 7.65. The van der Waals surface area contributed by atoms with Crippen LogP contribution in [0, 0.1) is 0 Å². The third kappa shape index (κ3) is 7.50. The van der Waals surface area contributed by atoms with Crippen LogP contribution < -0.4 is 0 Å². The van der Waals surface area contributed by atoms with Gasteiger partial charge < -0.3 is 4.89 Å². The summed E-state index contributed by atoms with van der Waals surface area (Å²) in [5.41, 5.74) is -0.223. The van der Waals surface area contributed by atoms with E-state index >= 15 is 0 Å². The molecule has 0 aromatic rings. The minimum Gasteiger partial charge on any atom is -0.345 e. The Labute approximate surface area is 56.4 Å². The Kier molecular flexibility index (Phi) is 3.32. The van der Waals surface area contributed by atoms with Gasteiger partial charge in [0, 0.05) is 0 Å². The van der Waals surface area contributed by atoms with Crippen molar-refractivity contribution in [3.8, 4) is 0 Å². The Hall–Kier alpha value is -0.500. The lowest BCUT2D eigenvalue weighted by Gasteiger charge is -2.15. The Morgan fingerprint density at radius 3 is 2.11 bits per heavy atom. The van der Waals surface area contributed by atoms with Gasteiger partial charge in [0.2, 0.25) is 0 Å². The first kappa shape index (κ1) is 8.50. The summed E-state index contributed by atoms with van der Waals surface area (Å²) in [6.07, 6.45) is 3.27. The first-order valence-corrected chi connectivity index (χ1v) is 3.02. The van der Waals surface area contributed by atoms with Crippen LogP contribution in [-0.4, -0.2) is 5.60 Å². The van der Waals surface area contributed by atoms with E-state index in [4.69, 9.17) is 4.89 Å². The lowest BCUT2D eigenvalue weighted by atomic mass is 10.2. The van der Waals surface area contributed by atoms with Crippen LogP contribution in [0.25, 0.3) is 0 Å². The van der Waals surface area contributed by atoms with E-state index in [0.717, 1.165) is 0 Å². The van der Waals surface area contributed by atoms with Crippen molar-refractivity contribution in [1.82, 2.24) is 0 Å². The Morgan fingerprint density at radius 1 is 1.22 bits per heavy atom. The van der Waals surface area contributed by atoms with Crippen molar-refractivity contribution in [2.75, 3.05) is 0 Å². The van der Waals surface area contributed by atoms with E-state index in [1.165, 1.54) is 6.26 Å². The molecule has 0 bridgehead atoms. The van der Waals surface area contributed by atoms with Crippen molar-refractivity contribution < 1.29 is 9.78 Å². The molecular formula is C7H14O2. The normalized spacial score (nSPS) is 12.4. The molecule has 0 aromatic carbocycles. The second-order valence-electron chi connectivity index (χ2n) is 2.76. The van der Waals surface area contributed by atoms with Crippen molar-refractivity contribution in [3.63, 3.8) is 0 Å². The van der Waals surface area contributed by atoms with E-state index in [0.29, 0.717) is 0 Å². The van der Waals surface area contributed by atoms with E-state index in [9.17, 15) is 0 Å². The summed E-state index contributed by atoms with van der Waals surface area (Å²) >= 11 is 0. The maximum Gasteiger partial charge on any atom is 0.125 e. The molecule has 9 heavy (non-hydrogen) atoms. The average molecular weight is 130 g/mol. The van der Waals surface area contributed by atoms with Gasteiger partial charge in [0.15, 0.2) is 0 Å². The fraction of sp³-hybridized carbons (Fsp3) is 0.714. The Balaban J connectivity index is 3.28. The van der Waals surface area contributed by atoms with Gasteiger partial charge in [0.25, 0.3) is 0 Å². The third-order valence-corrected chi connectivity index (χ3v) is 0.490. The highest BCUT2D eigenvalue weighted by molar-refractivity contribution is 4.63. The van der Waals surface area contributed by atoms with Crippen LogP contribution in [0.15, 0.2) is 12.3 Å². The van der Waals surface area contributed by atoms with Gasteiger partial charge in [-0.05, 0) is 33.8 Å². The summed E-state index contributed by atoms with van der Waals surface area (Å²) in [4.78, 5) is 9.55. The standard InChI is InChI=1S/C7H14O2/c1-5-6-8-9-7(2,3)4/h5-6H,1-4H3. The highest BCUT2D eigenvalue weighted by Crippen LogP contribution is 2.06. The summed E-state index contributed by atoms with van der Waals surface area (Å²) in [5, 5.41) is 0. The van der Waals surface area contributed by atoms with Crippen molar-refractivity contribution in [2.45, 2.75) is 33.3 Å². The molecule has 0 radical (unpaired) electrons. The molecule has 0 rings (SSSR count). The van der Waals surface area contributed by atoms with E-state index < -0.39 is 0 Å². The predicted octanol–water partition coefficient (Wildman–Crippen LogP) is 2.27. The fourth-order valence-electron chi connectivity index (χ4n) is 0.228. The predicted molar refractivity (Wildman–Crippen MR) is 36.7 cm³/mol. The lowest BCUT2D eigenvalue weighted by Crippen LogP contribution is -2.17. The number of hydrogen-bond acceptors (Lipinski definition) is 2. The molecule has 0 unspecified atom stereocenters. The highest BCUT2D eigenvalue weighted by atomic mass is 17.2. The molecule has 0 saturated carbocycles. The van der Waals surface area contributed by atoms with Crippen LogP contribution in [0.5, 0.6) is 0 Å². The van der Waals surface area contributed by atoms with Gasteiger partial charge in [-0.25, -0.2) is 0 Å². The molecular weight excluding hydrogens is 116 g/mol. The molecule has 0 atom stereocenters. The van der Waals surface area contributed by atoms with E-state index in [2.05, 4.69) is 4.89 Å². The summed E-state index contributed by atoms with van der Waals surface area (Å²) in [5.74, 6) is 0. The van der Waals surface area contributed by atoms with Gasteiger partial charge in [-0.1, -0.05) is 0 Å². The molecule has 0 N–H and O–H groups in total. The highest BCUT2D eigenvalue weighted by Gasteiger charge is 2.10. The SMILES string of the molecule is CC=COOC(C)(C)C. The summed E-state index contributed by atoms with van der Waals surface area (Å²) in [7, 11) is 0. The maximum atomic E-state index is 4.88. The largest absolute Gasteiger partial charge is 0.345 e. The molecule has 0 saturated heterocycles. The molecule has 0 fully saturated rings. The van der Waals surface area contributed by atoms with Crippen molar-refractivity contribution in [1.29, 1.82) is 0 Å². The van der Waals surface area contributed by atoms with Crippen LogP contribution in [-0.2, 0) is 9.78 Å². The van der Waals surface area contributed by atoms with E-state index in [1.54, 1.807) is 6.08 Å². The molecule has 0 aliphatic rings. The van der Waals surface area contributed by atoms with Gasteiger partial charge in [-0.3, -0.25) is 0 Å². The van der Waals surface area contributed by atoms with Crippen LogP contribution in [0.2, 0.25) is 0 Å². The second kappa shape index (κ2) is 3.51. The Morgan fingerprint density at radius 2 is 1.78 bits per heavy atom. The molecule has 0 aromatic heterocycles. The van der Waals surface area contributed by atoms with Gasteiger partial charge in [0.1, 0.15) is 11.9 Å². The van der Waals surface area contributed by atoms with Crippen molar-refractivity contribution >= 4 is 0 Å². The molecule has 0 spiro atoms. The zero-order valence-electron chi connectivity index (χ0n) is 6.47. The van der Waals surface area contributed by atoms with E-state index in [-0.39, 0.29) is 5.60 Å². The maximum absolute atomic E-state index is 4.88. The molecule has 0 heterocycles. The first-order chi connectivity index (χ1) is 4.06.